The summed E-state index contributed by atoms with van der Waals surface area (Å²) in [4.78, 5) is 34.7. The van der Waals surface area contributed by atoms with Gasteiger partial charge in [0.15, 0.2) is 6.61 Å². The minimum absolute atomic E-state index is 0.310. The van der Waals surface area contributed by atoms with Crippen LogP contribution < -0.4 is 5.32 Å². The number of aryl methyl sites for hydroxylation is 1. The second-order valence-corrected chi connectivity index (χ2v) is 5.80. The predicted octanol–water partition coefficient (Wildman–Crippen LogP) is 1.61. The molecule has 0 aromatic heterocycles. The summed E-state index contributed by atoms with van der Waals surface area (Å²) in [5.74, 6) is -1.71. The van der Waals surface area contributed by atoms with Gasteiger partial charge in [-0.25, -0.2) is 4.79 Å². The fourth-order valence-electron chi connectivity index (χ4n) is 1.60. The molecule has 1 N–H and O–H groups in total. The van der Waals surface area contributed by atoms with Crippen molar-refractivity contribution in [2.75, 3.05) is 13.2 Å². The fourth-order valence-corrected chi connectivity index (χ4v) is 1.60. The SMILES string of the molecule is Cc1cccc(C(=O)NCC(=O)OCC(=O)OC(C)(C)C)c1. The zero-order valence-corrected chi connectivity index (χ0v) is 13.3. The number of esters is 2. The first kappa shape index (κ1) is 17.7. The molecule has 0 spiro atoms. The van der Waals surface area contributed by atoms with E-state index in [4.69, 9.17) is 9.47 Å². The van der Waals surface area contributed by atoms with Crippen molar-refractivity contribution in [1.29, 1.82) is 0 Å². The predicted molar refractivity (Wildman–Crippen MR) is 80.3 cm³/mol. The molecule has 0 atom stereocenters. The van der Waals surface area contributed by atoms with Crippen LogP contribution in [0.1, 0.15) is 36.7 Å². The topological polar surface area (TPSA) is 81.7 Å². The summed E-state index contributed by atoms with van der Waals surface area (Å²) in [6.07, 6.45) is 0. The average Bonchev–Trinajstić information content (AvgIpc) is 2.40. The molecule has 0 saturated carbocycles. The van der Waals surface area contributed by atoms with Gasteiger partial charge in [-0.15, -0.1) is 0 Å². The molecular formula is C16H21NO5. The second-order valence-electron chi connectivity index (χ2n) is 5.80. The molecule has 1 aromatic carbocycles. The molecule has 0 heterocycles. The smallest absolute Gasteiger partial charge is 0.344 e. The molecule has 0 aliphatic heterocycles. The molecule has 0 aliphatic carbocycles. The Bertz CT molecular complexity index is 560. The molecule has 0 aliphatic rings. The highest BCUT2D eigenvalue weighted by Crippen LogP contribution is 2.07. The van der Waals surface area contributed by atoms with E-state index in [-0.39, 0.29) is 12.5 Å². The number of benzene rings is 1. The Hall–Kier alpha value is -2.37. The Labute approximate surface area is 129 Å². The lowest BCUT2D eigenvalue weighted by Gasteiger charge is -2.19. The van der Waals surface area contributed by atoms with Crippen LogP contribution in [-0.2, 0) is 19.1 Å². The van der Waals surface area contributed by atoms with E-state index < -0.39 is 24.1 Å². The van der Waals surface area contributed by atoms with Gasteiger partial charge < -0.3 is 14.8 Å². The number of hydrogen-bond donors (Lipinski definition) is 1. The summed E-state index contributed by atoms with van der Waals surface area (Å²) < 4.78 is 9.72. The van der Waals surface area contributed by atoms with Crippen molar-refractivity contribution in [3.63, 3.8) is 0 Å². The normalized spacial score (nSPS) is 10.7. The zero-order chi connectivity index (χ0) is 16.8. The summed E-state index contributed by atoms with van der Waals surface area (Å²) in [6, 6.07) is 6.98. The number of rotatable bonds is 5. The summed E-state index contributed by atoms with van der Waals surface area (Å²) in [7, 11) is 0. The van der Waals surface area contributed by atoms with E-state index in [1.54, 1.807) is 39.0 Å². The summed E-state index contributed by atoms with van der Waals surface area (Å²) in [6.45, 7) is 6.23. The van der Waals surface area contributed by atoms with E-state index >= 15 is 0 Å². The maximum atomic E-state index is 11.8. The quantitative estimate of drug-likeness (QED) is 0.836. The van der Waals surface area contributed by atoms with E-state index in [9.17, 15) is 14.4 Å². The van der Waals surface area contributed by atoms with E-state index in [1.807, 2.05) is 13.0 Å². The van der Waals surface area contributed by atoms with E-state index in [1.165, 1.54) is 0 Å². The van der Waals surface area contributed by atoms with Crippen LogP contribution >= 0.6 is 0 Å². The Balaban J connectivity index is 2.34. The van der Waals surface area contributed by atoms with Crippen LogP contribution in [0.25, 0.3) is 0 Å². The molecule has 0 bridgehead atoms. The highest BCUT2D eigenvalue weighted by molar-refractivity contribution is 5.96. The third-order valence-corrected chi connectivity index (χ3v) is 2.44. The summed E-state index contributed by atoms with van der Waals surface area (Å²) in [5, 5.41) is 2.43. The van der Waals surface area contributed by atoms with Gasteiger partial charge in [0.25, 0.3) is 5.91 Å². The number of hydrogen-bond acceptors (Lipinski definition) is 5. The van der Waals surface area contributed by atoms with Gasteiger partial charge in [0.1, 0.15) is 12.1 Å². The van der Waals surface area contributed by atoms with Crippen LogP contribution in [0.3, 0.4) is 0 Å². The Kier molecular flexibility index (Phi) is 6.10. The molecule has 120 valence electrons. The van der Waals surface area contributed by atoms with Crippen LogP contribution in [0.2, 0.25) is 0 Å². The fraction of sp³-hybridized carbons (Fsp3) is 0.438. The molecular weight excluding hydrogens is 286 g/mol. The standard InChI is InChI=1S/C16H21NO5/c1-11-6-5-7-12(8-11)15(20)17-9-13(18)21-10-14(19)22-16(2,3)4/h5-8H,9-10H2,1-4H3,(H,17,20). The van der Waals surface area contributed by atoms with E-state index in [0.717, 1.165) is 5.56 Å². The number of ether oxygens (including phenoxy) is 2. The molecule has 1 rings (SSSR count). The van der Waals surface area contributed by atoms with Crippen molar-refractivity contribution in [2.24, 2.45) is 0 Å². The van der Waals surface area contributed by atoms with Gasteiger partial charge in [0, 0.05) is 5.56 Å². The zero-order valence-electron chi connectivity index (χ0n) is 13.3. The van der Waals surface area contributed by atoms with Crippen LogP contribution in [0.4, 0.5) is 0 Å². The van der Waals surface area contributed by atoms with E-state index in [2.05, 4.69) is 5.32 Å². The van der Waals surface area contributed by atoms with Crippen molar-refractivity contribution in [3.8, 4) is 0 Å². The third-order valence-electron chi connectivity index (χ3n) is 2.44. The third kappa shape index (κ3) is 6.88. The molecule has 1 aromatic rings. The Morgan fingerprint density at radius 1 is 1.14 bits per heavy atom. The molecule has 0 unspecified atom stereocenters. The molecule has 22 heavy (non-hydrogen) atoms. The van der Waals surface area contributed by atoms with Gasteiger partial charge in [-0.05, 0) is 39.8 Å². The van der Waals surface area contributed by atoms with Crippen molar-refractivity contribution in [2.45, 2.75) is 33.3 Å². The minimum Gasteiger partial charge on any atom is -0.457 e. The number of carbonyl (C=O) groups excluding carboxylic acids is 3. The highest BCUT2D eigenvalue weighted by atomic mass is 16.6. The maximum absolute atomic E-state index is 11.8. The second kappa shape index (κ2) is 7.59. The lowest BCUT2D eigenvalue weighted by atomic mass is 10.1. The van der Waals surface area contributed by atoms with Crippen LogP contribution in [-0.4, -0.2) is 36.6 Å². The first-order chi connectivity index (χ1) is 10.2. The first-order valence-corrected chi connectivity index (χ1v) is 6.90. The highest BCUT2D eigenvalue weighted by Gasteiger charge is 2.17. The molecule has 6 heteroatoms. The lowest BCUT2D eigenvalue weighted by Crippen LogP contribution is -2.33. The number of carbonyl (C=O) groups is 3. The summed E-state index contributed by atoms with van der Waals surface area (Å²) >= 11 is 0. The molecule has 0 saturated heterocycles. The molecule has 6 nitrogen and oxygen atoms in total. The van der Waals surface area contributed by atoms with Crippen molar-refractivity contribution in [3.05, 3.63) is 35.4 Å². The van der Waals surface area contributed by atoms with Gasteiger partial charge in [0.05, 0.1) is 0 Å². The lowest BCUT2D eigenvalue weighted by molar-refractivity contribution is -0.166. The molecule has 1 amide bonds. The van der Waals surface area contributed by atoms with Gasteiger partial charge in [-0.2, -0.15) is 0 Å². The van der Waals surface area contributed by atoms with Crippen LogP contribution in [0.5, 0.6) is 0 Å². The van der Waals surface area contributed by atoms with E-state index in [0.29, 0.717) is 5.56 Å². The summed E-state index contributed by atoms with van der Waals surface area (Å²) in [5.41, 5.74) is 0.767. The van der Waals surface area contributed by atoms with Gasteiger partial charge in [-0.1, -0.05) is 17.7 Å². The number of amides is 1. The number of nitrogens with one attached hydrogen (secondary N) is 1. The Morgan fingerprint density at radius 2 is 1.82 bits per heavy atom. The van der Waals surface area contributed by atoms with Crippen LogP contribution in [0.15, 0.2) is 24.3 Å². The minimum atomic E-state index is -0.702. The van der Waals surface area contributed by atoms with Gasteiger partial charge in [0.2, 0.25) is 0 Å². The van der Waals surface area contributed by atoms with Gasteiger partial charge >= 0.3 is 11.9 Å². The first-order valence-electron chi connectivity index (χ1n) is 6.90. The van der Waals surface area contributed by atoms with Crippen molar-refractivity contribution < 1.29 is 23.9 Å². The van der Waals surface area contributed by atoms with Gasteiger partial charge in [-0.3, -0.25) is 9.59 Å². The monoisotopic (exact) mass is 307 g/mol. The Morgan fingerprint density at radius 3 is 2.41 bits per heavy atom. The van der Waals surface area contributed by atoms with Crippen molar-refractivity contribution >= 4 is 17.8 Å². The van der Waals surface area contributed by atoms with Crippen LogP contribution in [0, 0.1) is 6.92 Å². The molecule has 0 fully saturated rings. The molecule has 0 radical (unpaired) electrons. The maximum Gasteiger partial charge on any atom is 0.344 e. The average molecular weight is 307 g/mol. The van der Waals surface area contributed by atoms with Crippen molar-refractivity contribution in [1.82, 2.24) is 5.32 Å². The largest absolute Gasteiger partial charge is 0.457 e.